The van der Waals surface area contributed by atoms with Crippen LogP contribution >= 0.6 is 0 Å². The number of primary sulfonamides is 1. The van der Waals surface area contributed by atoms with Gasteiger partial charge in [0, 0.05) is 6.54 Å². The Bertz CT molecular complexity index is 849. The molecule has 27 heavy (non-hydrogen) atoms. The lowest BCUT2D eigenvalue weighted by atomic mass is 10.2. The fraction of sp³-hybridized carbons (Fsp3) is 0.211. The molecule has 2 aromatic rings. The Hall–Kier alpha value is -2.68. The van der Waals surface area contributed by atoms with E-state index < -0.39 is 16.1 Å². The predicted octanol–water partition coefficient (Wildman–Crippen LogP) is 2.33. The number of amides is 1. The molecular weight excluding hydrogens is 368 g/mol. The van der Waals surface area contributed by atoms with E-state index in [1.54, 1.807) is 24.3 Å². The molecule has 0 bridgehead atoms. The quantitative estimate of drug-likeness (QED) is 0.505. The monoisotopic (exact) mass is 390 g/mol. The van der Waals surface area contributed by atoms with Crippen molar-refractivity contribution in [1.29, 1.82) is 0 Å². The van der Waals surface area contributed by atoms with Crippen LogP contribution in [0.2, 0.25) is 0 Å². The fourth-order valence-corrected chi connectivity index (χ4v) is 2.62. The molecular formula is C19H22N2O5S. The second-order valence-electron chi connectivity index (χ2n) is 5.61. The molecule has 2 aromatic carbocycles. The molecule has 0 aliphatic carbocycles. The van der Waals surface area contributed by atoms with Gasteiger partial charge in [-0.2, -0.15) is 0 Å². The average Bonchev–Trinajstić information content (AvgIpc) is 2.66. The maximum Gasteiger partial charge on any atom is 0.407 e. The van der Waals surface area contributed by atoms with E-state index in [2.05, 4.69) is 5.32 Å². The summed E-state index contributed by atoms with van der Waals surface area (Å²) in [5.41, 5.74) is 1.82. The summed E-state index contributed by atoms with van der Waals surface area (Å²) in [6, 6.07) is 15.7. The molecule has 0 saturated heterocycles. The molecule has 0 spiro atoms. The van der Waals surface area contributed by atoms with Gasteiger partial charge in [-0.3, -0.25) is 0 Å². The smallest absolute Gasteiger partial charge is 0.407 e. The average molecular weight is 390 g/mol. The van der Waals surface area contributed by atoms with E-state index in [1.807, 2.05) is 30.3 Å². The van der Waals surface area contributed by atoms with Crippen molar-refractivity contribution in [3.63, 3.8) is 0 Å². The van der Waals surface area contributed by atoms with E-state index in [9.17, 15) is 13.2 Å². The SMILES string of the molecule is NS(=O)(=O)c1ccc(CNC(=O)OC/C=C/COCc2ccccc2)cc1. The van der Waals surface area contributed by atoms with Crippen LogP contribution < -0.4 is 10.5 Å². The van der Waals surface area contributed by atoms with Gasteiger partial charge in [0.1, 0.15) is 6.61 Å². The summed E-state index contributed by atoms with van der Waals surface area (Å²) in [6.07, 6.45) is 2.91. The van der Waals surface area contributed by atoms with E-state index in [0.29, 0.717) is 13.2 Å². The number of carbonyl (C=O) groups is 1. The Kier molecular flexibility index (Phi) is 8.00. The normalized spacial score (nSPS) is 11.4. The molecule has 8 heteroatoms. The number of nitrogens with one attached hydrogen (secondary N) is 1. The van der Waals surface area contributed by atoms with E-state index >= 15 is 0 Å². The first-order valence-electron chi connectivity index (χ1n) is 8.24. The van der Waals surface area contributed by atoms with Gasteiger partial charge in [0.2, 0.25) is 10.0 Å². The minimum Gasteiger partial charge on any atom is -0.445 e. The maximum atomic E-state index is 11.6. The van der Waals surface area contributed by atoms with Gasteiger partial charge < -0.3 is 14.8 Å². The lowest BCUT2D eigenvalue weighted by Gasteiger charge is -2.06. The van der Waals surface area contributed by atoms with Crippen molar-refractivity contribution in [3.05, 3.63) is 77.9 Å². The highest BCUT2D eigenvalue weighted by Gasteiger charge is 2.07. The largest absolute Gasteiger partial charge is 0.445 e. The van der Waals surface area contributed by atoms with Crippen LogP contribution in [0, 0.1) is 0 Å². The van der Waals surface area contributed by atoms with Crippen LogP contribution in [0.5, 0.6) is 0 Å². The highest BCUT2D eigenvalue weighted by atomic mass is 32.2. The van der Waals surface area contributed by atoms with Gasteiger partial charge >= 0.3 is 6.09 Å². The summed E-state index contributed by atoms with van der Waals surface area (Å²) in [4.78, 5) is 11.6. The number of ether oxygens (including phenoxy) is 2. The third kappa shape index (κ3) is 8.04. The number of nitrogens with two attached hydrogens (primary N) is 1. The van der Waals surface area contributed by atoms with Gasteiger partial charge in [-0.25, -0.2) is 18.4 Å². The first kappa shape index (κ1) is 20.6. The summed E-state index contributed by atoms with van der Waals surface area (Å²) in [6.45, 7) is 1.30. The van der Waals surface area contributed by atoms with Crippen molar-refractivity contribution in [2.45, 2.75) is 18.0 Å². The first-order valence-corrected chi connectivity index (χ1v) is 9.79. The van der Waals surface area contributed by atoms with Crippen LogP contribution in [-0.4, -0.2) is 27.7 Å². The molecule has 1 amide bonds. The Morgan fingerprint density at radius 1 is 0.963 bits per heavy atom. The number of hydrogen-bond acceptors (Lipinski definition) is 5. The maximum absolute atomic E-state index is 11.6. The zero-order valence-corrected chi connectivity index (χ0v) is 15.5. The van der Waals surface area contributed by atoms with Crippen molar-refractivity contribution in [2.75, 3.05) is 13.2 Å². The van der Waals surface area contributed by atoms with Crippen molar-refractivity contribution in [3.8, 4) is 0 Å². The third-order valence-corrected chi connectivity index (χ3v) is 4.42. The second-order valence-corrected chi connectivity index (χ2v) is 7.17. The lowest BCUT2D eigenvalue weighted by molar-refractivity contribution is 0.146. The van der Waals surface area contributed by atoms with Crippen molar-refractivity contribution in [2.24, 2.45) is 5.14 Å². The first-order chi connectivity index (χ1) is 12.9. The topological polar surface area (TPSA) is 108 Å². The summed E-state index contributed by atoms with van der Waals surface area (Å²) < 4.78 is 32.8. The molecule has 0 unspecified atom stereocenters. The van der Waals surface area contributed by atoms with Crippen LogP contribution in [0.3, 0.4) is 0 Å². The molecule has 0 heterocycles. The van der Waals surface area contributed by atoms with Gasteiger partial charge in [0.15, 0.2) is 0 Å². The zero-order valence-electron chi connectivity index (χ0n) is 14.7. The standard InChI is InChI=1S/C19H22N2O5S/c20-27(23,24)18-10-8-16(9-11-18)14-21-19(22)26-13-5-4-12-25-15-17-6-2-1-3-7-17/h1-11H,12-15H2,(H,21,22)(H2,20,23,24)/b5-4+. The molecule has 144 valence electrons. The predicted molar refractivity (Wildman–Crippen MR) is 101 cm³/mol. The van der Waals surface area contributed by atoms with Crippen LogP contribution in [-0.2, 0) is 32.6 Å². The van der Waals surface area contributed by atoms with Crippen molar-refractivity contribution < 1.29 is 22.7 Å². The highest BCUT2D eigenvalue weighted by Crippen LogP contribution is 2.08. The number of rotatable bonds is 9. The number of benzene rings is 2. The molecule has 0 saturated carbocycles. The minimum absolute atomic E-state index is 0.0217. The van der Waals surface area contributed by atoms with E-state index in [4.69, 9.17) is 14.6 Å². The van der Waals surface area contributed by atoms with Crippen molar-refractivity contribution in [1.82, 2.24) is 5.32 Å². The summed E-state index contributed by atoms with van der Waals surface area (Å²) >= 11 is 0. The zero-order chi connectivity index (χ0) is 19.5. The van der Waals surface area contributed by atoms with Crippen molar-refractivity contribution >= 4 is 16.1 Å². The highest BCUT2D eigenvalue weighted by molar-refractivity contribution is 7.89. The molecule has 2 rings (SSSR count). The Morgan fingerprint density at radius 2 is 1.63 bits per heavy atom. The second kappa shape index (κ2) is 10.5. The molecule has 0 aromatic heterocycles. The fourth-order valence-electron chi connectivity index (χ4n) is 2.10. The van der Waals surface area contributed by atoms with Crippen LogP contribution in [0.1, 0.15) is 11.1 Å². The van der Waals surface area contributed by atoms with Crippen LogP contribution in [0.25, 0.3) is 0 Å². The number of hydrogen-bond donors (Lipinski definition) is 2. The van der Waals surface area contributed by atoms with Gasteiger partial charge in [0.25, 0.3) is 0 Å². The van der Waals surface area contributed by atoms with Gasteiger partial charge in [-0.1, -0.05) is 48.5 Å². The number of alkyl carbamates (subject to hydrolysis) is 1. The molecule has 3 N–H and O–H groups in total. The van der Waals surface area contributed by atoms with Crippen LogP contribution in [0.15, 0.2) is 71.6 Å². The number of carbonyl (C=O) groups excluding carboxylic acids is 1. The molecule has 7 nitrogen and oxygen atoms in total. The summed E-state index contributed by atoms with van der Waals surface area (Å²) in [5.74, 6) is 0. The molecule has 0 aliphatic rings. The summed E-state index contributed by atoms with van der Waals surface area (Å²) in [7, 11) is -3.72. The Balaban J connectivity index is 1.59. The third-order valence-electron chi connectivity index (χ3n) is 3.49. The molecule has 0 aliphatic heterocycles. The molecule has 0 fully saturated rings. The van der Waals surface area contributed by atoms with Gasteiger partial charge in [-0.15, -0.1) is 0 Å². The Morgan fingerprint density at radius 3 is 2.30 bits per heavy atom. The van der Waals surface area contributed by atoms with Gasteiger partial charge in [-0.05, 0) is 29.3 Å². The van der Waals surface area contributed by atoms with E-state index in [1.165, 1.54) is 12.1 Å². The van der Waals surface area contributed by atoms with Crippen LogP contribution in [0.4, 0.5) is 4.79 Å². The molecule has 0 atom stereocenters. The number of sulfonamides is 1. The summed E-state index contributed by atoms with van der Waals surface area (Å²) in [5, 5.41) is 7.60. The van der Waals surface area contributed by atoms with E-state index in [-0.39, 0.29) is 18.0 Å². The minimum atomic E-state index is -3.72. The Labute approximate surface area is 158 Å². The molecule has 0 radical (unpaired) electrons. The van der Waals surface area contributed by atoms with Gasteiger partial charge in [0.05, 0.1) is 18.1 Å². The van der Waals surface area contributed by atoms with E-state index in [0.717, 1.165) is 11.1 Å². The lowest BCUT2D eigenvalue weighted by Crippen LogP contribution is -2.23.